The number of fused-ring (bicyclic) bond motifs is 1. The summed E-state index contributed by atoms with van der Waals surface area (Å²) < 4.78 is 1.86. The van der Waals surface area contributed by atoms with Crippen LogP contribution in [-0.2, 0) is 13.0 Å². The van der Waals surface area contributed by atoms with Crippen molar-refractivity contribution in [2.24, 2.45) is 0 Å². The molecule has 0 saturated heterocycles. The monoisotopic (exact) mass is 597 g/mol. The van der Waals surface area contributed by atoms with Crippen LogP contribution >= 0.6 is 9.21 Å². The smallest absolute Gasteiger partial charge is 0.181 e. The van der Waals surface area contributed by atoms with Gasteiger partial charge < -0.3 is 10.6 Å². The Morgan fingerprint density at radius 3 is 1.93 bits per heavy atom. The van der Waals surface area contributed by atoms with Crippen molar-refractivity contribution >= 4 is 38.1 Å². The Balaban J connectivity index is 0.000000361. The number of hydrogen-bond donors (Lipinski definition) is 2. The molecule has 0 fully saturated rings. The molecule has 6 heteroatoms. The average molecular weight is 598 g/mol. The Kier molecular flexibility index (Phi) is 14.0. The van der Waals surface area contributed by atoms with Crippen molar-refractivity contribution in [1.82, 2.24) is 14.6 Å². The minimum Gasteiger partial charge on any atom is -0.384 e. The number of aromatic nitrogens is 3. The first-order chi connectivity index (χ1) is 20.7. The maximum Gasteiger partial charge on any atom is 0.181 e. The molecule has 5 aromatic rings. The van der Waals surface area contributed by atoms with Crippen molar-refractivity contribution in [3.05, 3.63) is 107 Å². The molecule has 230 valence electrons. The number of benzene rings is 3. The molecule has 0 amide bonds. The molecular formula is C37H51N5S. The summed E-state index contributed by atoms with van der Waals surface area (Å²) in [6.07, 6.45) is 4.97. The van der Waals surface area contributed by atoms with Gasteiger partial charge in [-0.15, -0.1) is 0 Å². The van der Waals surface area contributed by atoms with E-state index in [-0.39, 0.29) is 0 Å². The lowest BCUT2D eigenvalue weighted by Gasteiger charge is -2.12. The largest absolute Gasteiger partial charge is 0.384 e. The fourth-order valence-corrected chi connectivity index (χ4v) is 5.71. The Labute approximate surface area is 260 Å². The minimum atomic E-state index is -1.03. The third-order valence-corrected chi connectivity index (χ3v) is 8.21. The molecule has 5 nitrogen and oxygen atoms in total. The van der Waals surface area contributed by atoms with Gasteiger partial charge in [-0.1, -0.05) is 113 Å². The van der Waals surface area contributed by atoms with E-state index < -0.39 is 9.21 Å². The number of anilines is 2. The van der Waals surface area contributed by atoms with Crippen LogP contribution in [0.15, 0.2) is 90.0 Å². The minimum absolute atomic E-state index is 0.727. The molecule has 43 heavy (non-hydrogen) atoms. The summed E-state index contributed by atoms with van der Waals surface area (Å²) in [7, 11) is 0.857. The van der Waals surface area contributed by atoms with Crippen LogP contribution in [0.25, 0.3) is 16.9 Å². The predicted octanol–water partition coefficient (Wildman–Crippen LogP) is 9.63. The zero-order chi connectivity index (χ0) is 32.0. The van der Waals surface area contributed by atoms with Crippen LogP contribution in [-0.4, -0.2) is 39.6 Å². The van der Waals surface area contributed by atoms with Crippen LogP contribution in [0.5, 0.6) is 0 Å². The summed E-state index contributed by atoms with van der Waals surface area (Å²) in [5.41, 5.74) is 8.87. The molecule has 0 spiro atoms. The maximum absolute atomic E-state index is 4.87. The first-order valence-electron chi connectivity index (χ1n) is 15.2. The summed E-state index contributed by atoms with van der Waals surface area (Å²) >= 11 is 0. The number of nitrogens with zero attached hydrogens (tertiary/aromatic N) is 3. The van der Waals surface area contributed by atoms with Crippen LogP contribution in [0, 0.1) is 13.8 Å². The van der Waals surface area contributed by atoms with E-state index >= 15 is 0 Å². The molecule has 0 atom stereocenters. The molecule has 5 rings (SSSR count). The zero-order valence-corrected chi connectivity index (χ0v) is 28.5. The molecule has 3 aromatic carbocycles. The van der Waals surface area contributed by atoms with Crippen molar-refractivity contribution in [3.63, 3.8) is 0 Å². The van der Waals surface area contributed by atoms with Gasteiger partial charge in [0, 0.05) is 25.2 Å². The van der Waals surface area contributed by atoms with E-state index in [2.05, 4.69) is 109 Å². The average Bonchev–Trinajstić information content (AvgIpc) is 3.45. The van der Waals surface area contributed by atoms with Crippen LogP contribution in [0.4, 0.5) is 11.5 Å². The van der Waals surface area contributed by atoms with Gasteiger partial charge in [0.1, 0.15) is 5.82 Å². The van der Waals surface area contributed by atoms with E-state index in [1.54, 1.807) is 0 Å². The fourth-order valence-electron chi connectivity index (χ4n) is 4.46. The SMILES string of the molecule is C=S(=C)(C)c1ccccc1C.CC.CC.CCc1ccc(CNc2cc(-c3ccccc3C)nc3c(NC)cnn23)cc1. The topological polar surface area (TPSA) is 54.2 Å². The fraction of sp³-hybridized carbons (Fsp3) is 0.297. The van der Waals surface area contributed by atoms with Crippen molar-refractivity contribution < 1.29 is 0 Å². The Morgan fingerprint density at radius 1 is 0.814 bits per heavy atom. The third kappa shape index (κ3) is 9.48. The lowest BCUT2D eigenvalue weighted by atomic mass is 10.1. The van der Waals surface area contributed by atoms with Crippen molar-refractivity contribution in [1.29, 1.82) is 0 Å². The van der Waals surface area contributed by atoms with Gasteiger partial charge in [0.25, 0.3) is 0 Å². The predicted molar refractivity (Wildman–Crippen MR) is 196 cm³/mol. The molecule has 0 saturated carbocycles. The highest BCUT2D eigenvalue weighted by Gasteiger charge is 2.13. The summed E-state index contributed by atoms with van der Waals surface area (Å²) in [4.78, 5) is 6.18. The van der Waals surface area contributed by atoms with E-state index in [4.69, 9.17) is 4.98 Å². The van der Waals surface area contributed by atoms with Crippen molar-refractivity contribution in [2.45, 2.75) is 66.3 Å². The number of rotatable bonds is 7. The van der Waals surface area contributed by atoms with E-state index in [0.717, 1.165) is 41.4 Å². The van der Waals surface area contributed by atoms with Gasteiger partial charge in [-0.3, -0.25) is 0 Å². The number of aryl methyl sites for hydroxylation is 3. The maximum atomic E-state index is 4.87. The lowest BCUT2D eigenvalue weighted by Crippen LogP contribution is -2.07. The first-order valence-corrected chi connectivity index (χ1v) is 17.5. The van der Waals surface area contributed by atoms with E-state index in [0.29, 0.717) is 0 Å². The summed E-state index contributed by atoms with van der Waals surface area (Å²) in [5, 5.41) is 11.2. The second-order valence-corrected chi connectivity index (χ2v) is 12.9. The van der Waals surface area contributed by atoms with Gasteiger partial charge in [0.05, 0.1) is 17.6 Å². The van der Waals surface area contributed by atoms with Crippen LogP contribution in [0.3, 0.4) is 0 Å². The quantitative estimate of drug-likeness (QED) is 0.183. The molecule has 0 radical (unpaired) electrons. The van der Waals surface area contributed by atoms with Gasteiger partial charge in [0.2, 0.25) is 0 Å². The molecule has 2 N–H and O–H groups in total. The standard InChI is InChI=1S/C23H25N5.C10H14S.2C2H6/c1-4-17-9-11-18(12-10-17)14-25-22-13-20(19-8-6-5-7-16(19)2)27-23-21(24-3)15-26-28(22)23;1-9-7-5-6-8-10(9)11(2,3)4;2*1-2/h5-13,15,24-25H,4,14H2,1-3H3;5-8H,2-3H2,1,4H3;2*1-2H3. The normalized spacial score (nSPS) is 10.3. The molecule has 0 bridgehead atoms. The molecule has 0 aliphatic heterocycles. The number of hydrogen-bond acceptors (Lipinski definition) is 4. The number of nitrogens with one attached hydrogen (secondary N) is 2. The molecular weight excluding hydrogens is 547 g/mol. The van der Waals surface area contributed by atoms with Crippen molar-refractivity contribution in [3.8, 4) is 11.3 Å². The van der Waals surface area contributed by atoms with E-state index in [1.807, 2.05) is 69.7 Å². The van der Waals surface area contributed by atoms with Gasteiger partial charge in [0.15, 0.2) is 5.65 Å². The third-order valence-electron chi connectivity index (χ3n) is 6.69. The van der Waals surface area contributed by atoms with Gasteiger partial charge in [-0.2, -0.15) is 18.8 Å². The summed E-state index contributed by atoms with van der Waals surface area (Å²) in [6, 6.07) is 27.4. The molecule has 2 heterocycles. The highest BCUT2D eigenvalue weighted by Crippen LogP contribution is 2.30. The van der Waals surface area contributed by atoms with Crippen LogP contribution in [0.1, 0.15) is 56.9 Å². The molecule has 2 aromatic heterocycles. The second kappa shape index (κ2) is 17.2. The summed E-state index contributed by atoms with van der Waals surface area (Å²) in [6.45, 7) is 15.1. The van der Waals surface area contributed by atoms with Crippen LogP contribution < -0.4 is 10.6 Å². The summed E-state index contributed by atoms with van der Waals surface area (Å²) in [5.74, 6) is 9.07. The molecule has 0 aliphatic carbocycles. The second-order valence-electron chi connectivity index (χ2n) is 9.95. The van der Waals surface area contributed by atoms with Crippen molar-refractivity contribution in [2.75, 3.05) is 23.9 Å². The molecule has 0 aliphatic rings. The van der Waals surface area contributed by atoms with E-state index in [9.17, 15) is 0 Å². The van der Waals surface area contributed by atoms with E-state index in [1.165, 1.54) is 27.1 Å². The zero-order valence-electron chi connectivity index (χ0n) is 27.7. The van der Waals surface area contributed by atoms with Gasteiger partial charge in [-0.05, 0) is 59.7 Å². The molecule has 0 unspecified atom stereocenters. The highest BCUT2D eigenvalue weighted by molar-refractivity contribution is 8.27. The van der Waals surface area contributed by atoms with Gasteiger partial charge >= 0.3 is 0 Å². The van der Waals surface area contributed by atoms with Crippen LogP contribution in [0.2, 0.25) is 0 Å². The highest BCUT2D eigenvalue weighted by atomic mass is 32.2. The van der Waals surface area contributed by atoms with Gasteiger partial charge in [-0.25, -0.2) is 4.98 Å². The first kappa shape index (κ1) is 35.2. The lowest BCUT2D eigenvalue weighted by molar-refractivity contribution is 0.926. The Morgan fingerprint density at radius 2 is 1.40 bits per heavy atom. The Hall–Kier alpha value is -4.03. The Bertz CT molecular complexity index is 1670.